The first-order valence-corrected chi connectivity index (χ1v) is 7.88. The van der Waals surface area contributed by atoms with Crippen LogP contribution >= 0.6 is 11.6 Å². The SMILES string of the molecule is COc1cccc(CN2CCN(C(=O)c3[nH]ncc3Cl)CC2)c1. The molecule has 0 bridgehead atoms. The maximum absolute atomic E-state index is 12.4. The van der Waals surface area contributed by atoms with Crippen LogP contribution in [0.25, 0.3) is 0 Å². The van der Waals surface area contributed by atoms with E-state index >= 15 is 0 Å². The number of hydrogen-bond acceptors (Lipinski definition) is 4. The van der Waals surface area contributed by atoms with Crippen molar-refractivity contribution in [3.8, 4) is 5.75 Å². The number of H-pyrrole nitrogens is 1. The molecule has 0 atom stereocenters. The molecule has 1 aliphatic rings. The summed E-state index contributed by atoms with van der Waals surface area (Å²) in [5, 5.41) is 6.83. The number of ether oxygens (including phenoxy) is 1. The number of aromatic amines is 1. The first-order valence-electron chi connectivity index (χ1n) is 7.51. The van der Waals surface area contributed by atoms with E-state index in [9.17, 15) is 4.79 Å². The van der Waals surface area contributed by atoms with Crippen molar-refractivity contribution in [2.24, 2.45) is 0 Å². The lowest BCUT2D eigenvalue weighted by atomic mass is 10.2. The number of rotatable bonds is 4. The van der Waals surface area contributed by atoms with Gasteiger partial charge in [-0.2, -0.15) is 5.10 Å². The van der Waals surface area contributed by atoms with E-state index < -0.39 is 0 Å². The normalized spacial score (nSPS) is 15.7. The van der Waals surface area contributed by atoms with Crippen LogP contribution in [0, 0.1) is 0 Å². The Labute approximate surface area is 140 Å². The van der Waals surface area contributed by atoms with Crippen molar-refractivity contribution in [2.75, 3.05) is 33.3 Å². The van der Waals surface area contributed by atoms with Gasteiger partial charge in [-0.25, -0.2) is 0 Å². The molecule has 0 saturated carbocycles. The average molecular weight is 335 g/mol. The van der Waals surface area contributed by atoms with Gasteiger partial charge in [0, 0.05) is 32.7 Å². The molecule has 1 aliphatic heterocycles. The minimum absolute atomic E-state index is 0.0893. The number of nitrogens with zero attached hydrogens (tertiary/aromatic N) is 3. The minimum Gasteiger partial charge on any atom is -0.497 e. The third-order valence-corrected chi connectivity index (χ3v) is 4.29. The number of carbonyl (C=O) groups excluding carboxylic acids is 1. The maximum Gasteiger partial charge on any atom is 0.273 e. The van der Waals surface area contributed by atoms with Gasteiger partial charge in [0.15, 0.2) is 0 Å². The Kier molecular flexibility index (Phi) is 4.83. The molecule has 3 rings (SSSR count). The predicted molar refractivity (Wildman–Crippen MR) is 87.8 cm³/mol. The Morgan fingerprint density at radius 1 is 1.35 bits per heavy atom. The highest BCUT2D eigenvalue weighted by molar-refractivity contribution is 6.33. The first-order chi connectivity index (χ1) is 11.2. The lowest BCUT2D eigenvalue weighted by Crippen LogP contribution is -2.48. The van der Waals surface area contributed by atoms with Crippen molar-refractivity contribution >= 4 is 17.5 Å². The van der Waals surface area contributed by atoms with Crippen LogP contribution in [0.1, 0.15) is 16.1 Å². The molecule has 23 heavy (non-hydrogen) atoms. The molecular formula is C16H19ClN4O2. The summed E-state index contributed by atoms with van der Waals surface area (Å²) < 4.78 is 5.25. The predicted octanol–water partition coefficient (Wildman–Crippen LogP) is 2.03. The van der Waals surface area contributed by atoms with Gasteiger partial charge in [-0.1, -0.05) is 23.7 Å². The summed E-state index contributed by atoms with van der Waals surface area (Å²) >= 11 is 5.95. The van der Waals surface area contributed by atoms with Crippen molar-refractivity contribution < 1.29 is 9.53 Å². The van der Waals surface area contributed by atoms with Crippen LogP contribution in [0.15, 0.2) is 30.5 Å². The average Bonchev–Trinajstić information content (AvgIpc) is 3.01. The van der Waals surface area contributed by atoms with Crippen LogP contribution in [-0.2, 0) is 6.54 Å². The fraction of sp³-hybridized carbons (Fsp3) is 0.375. The molecule has 7 heteroatoms. The largest absolute Gasteiger partial charge is 0.497 e. The number of hydrogen-bond donors (Lipinski definition) is 1. The maximum atomic E-state index is 12.4. The lowest BCUT2D eigenvalue weighted by Gasteiger charge is -2.34. The fourth-order valence-corrected chi connectivity index (χ4v) is 2.89. The van der Waals surface area contributed by atoms with Crippen LogP contribution in [-0.4, -0.2) is 59.2 Å². The zero-order valence-corrected chi connectivity index (χ0v) is 13.7. The molecule has 1 aromatic carbocycles. The second-order valence-corrected chi connectivity index (χ2v) is 5.92. The molecule has 1 saturated heterocycles. The highest BCUT2D eigenvalue weighted by atomic mass is 35.5. The number of methoxy groups -OCH3 is 1. The second kappa shape index (κ2) is 7.02. The van der Waals surface area contributed by atoms with E-state index in [1.54, 1.807) is 7.11 Å². The van der Waals surface area contributed by atoms with E-state index in [2.05, 4.69) is 21.2 Å². The third-order valence-electron chi connectivity index (χ3n) is 4.01. The monoisotopic (exact) mass is 334 g/mol. The summed E-state index contributed by atoms with van der Waals surface area (Å²) in [6, 6.07) is 8.06. The quantitative estimate of drug-likeness (QED) is 0.929. The topological polar surface area (TPSA) is 61.5 Å². The third kappa shape index (κ3) is 3.65. The Morgan fingerprint density at radius 2 is 2.13 bits per heavy atom. The van der Waals surface area contributed by atoms with E-state index in [0.29, 0.717) is 23.8 Å². The smallest absolute Gasteiger partial charge is 0.273 e. The standard InChI is InChI=1S/C16H19ClN4O2/c1-23-13-4-2-3-12(9-13)11-20-5-7-21(8-6-20)16(22)15-14(17)10-18-19-15/h2-4,9-10H,5-8,11H2,1H3,(H,18,19). The van der Waals surface area contributed by atoms with Gasteiger partial charge >= 0.3 is 0 Å². The van der Waals surface area contributed by atoms with Crippen molar-refractivity contribution in [1.82, 2.24) is 20.0 Å². The van der Waals surface area contributed by atoms with Crippen LogP contribution in [0.5, 0.6) is 5.75 Å². The van der Waals surface area contributed by atoms with Crippen molar-refractivity contribution in [3.05, 3.63) is 46.7 Å². The van der Waals surface area contributed by atoms with E-state index in [0.717, 1.165) is 25.4 Å². The number of amides is 1. The Hall–Kier alpha value is -2.05. The number of piperazine rings is 1. The Morgan fingerprint density at radius 3 is 2.78 bits per heavy atom. The Balaban J connectivity index is 1.56. The summed E-state index contributed by atoms with van der Waals surface area (Å²) in [5.74, 6) is 0.777. The van der Waals surface area contributed by atoms with Gasteiger partial charge in [-0.05, 0) is 17.7 Å². The summed E-state index contributed by atoms with van der Waals surface area (Å²) in [5.41, 5.74) is 1.58. The van der Waals surface area contributed by atoms with E-state index in [-0.39, 0.29) is 5.91 Å². The van der Waals surface area contributed by atoms with Gasteiger partial charge in [0.25, 0.3) is 5.91 Å². The number of benzene rings is 1. The van der Waals surface area contributed by atoms with E-state index in [4.69, 9.17) is 16.3 Å². The molecule has 0 radical (unpaired) electrons. The summed E-state index contributed by atoms with van der Waals surface area (Å²) in [6.45, 7) is 3.86. The van der Waals surface area contributed by atoms with Crippen LogP contribution in [0.4, 0.5) is 0 Å². The molecule has 1 fully saturated rings. The van der Waals surface area contributed by atoms with Crippen LogP contribution in [0.2, 0.25) is 5.02 Å². The number of halogens is 1. The molecule has 122 valence electrons. The second-order valence-electron chi connectivity index (χ2n) is 5.51. The molecule has 0 spiro atoms. The molecule has 1 amide bonds. The fourth-order valence-electron chi connectivity index (χ4n) is 2.72. The van der Waals surface area contributed by atoms with Crippen molar-refractivity contribution in [2.45, 2.75) is 6.54 Å². The summed E-state index contributed by atoms with van der Waals surface area (Å²) in [7, 11) is 1.67. The van der Waals surface area contributed by atoms with E-state index in [1.165, 1.54) is 11.8 Å². The van der Waals surface area contributed by atoms with Crippen molar-refractivity contribution in [3.63, 3.8) is 0 Å². The molecule has 0 aliphatic carbocycles. The zero-order chi connectivity index (χ0) is 16.2. The van der Waals surface area contributed by atoms with Gasteiger partial charge < -0.3 is 9.64 Å². The van der Waals surface area contributed by atoms with Gasteiger partial charge in [-0.3, -0.25) is 14.8 Å². The Bertz CT molecular complexity index is 680. The highest BCUT2D eigenvalue weighted by Crippen LogP contribution is 2.17. The minimum atomic E-state index is -0.0893. The van der Waals surface area contributed by atoms with Crippen LogP contribution in [0.3, 0.4) is 0 Å². The molecule has 1 N–H and O–H groups in total. The molecule has 0 unspecified atom stereocenters. The zero-order valence-electron chi connectivity index (χ0n) is 13.0. The lowest BCUT2D eigenvalue weighted by molar-refractivity contribution is 0.0623. The van der Waals surface area contributed by atoms with E-state index in [1.807, 2.05) is 23.1 Å². The number of nitrogens with one attached hydrogen (secondary N) is 1. The summed E-state index contributed by atoms with van der Waals surface area (Å²) in [4.78, 5) is 16.5. The van der Waals surface area contributed by atoms with Gasteiger partial charge in [0.2, 0.25) is 0 Å². The molecular weight excluding hydrogens is 316 g/mol. The van der Waals surface area contributed by atoms with Gasteiger partial charge in [0.05, 0.1) is 18.3 Å². The molecule has 6 nitrogen and oxygen atoms in total. The first kappa shape index (κ1) is 15.8. The molecule has 2 heterocycles. The van der Waals surface area contributed by atoms with Gasteiger partial charge in [0.1, 0.15) is 11.4 Å². The molecule has 1 aromatic heterocycles. The van der Waals surface area contributed by atoms with Gasteiger partial charge in [-0.15, -0.1) is 0 Å². The number of carbonyl (C=O) groups is 1. The number of aromatic nitrogens is 2. The van der Waals surface area contributed by atoms with Crippen molar-refractivity contribution in [1.29, 1.82) is 0 Å². The summed E-state index contributed by atoms with van der Waals surface area (Å²) in [6.07, 6.45) is 1.45. The molecule has 2 aromatic rings. The highest BCUT2D eigenvalue weighted by Gasteiger charge is 2.24. The van der Waals surface area contributed by atoms with Crippen LogP contribution < -0.4 is 4.74 Å².